The average molecular weight is 493 g/mol. The van der Waals surface area contributed by atoms with Crippen molar-refractivity contribution in [1.82, 2.24) is 0 Å². The van der Waals surface area contributed by atoms with Crippen LogP contribution in [0.4, 0.5) is 0 Å². The van der Waals surface area contributed by atoms with Crippen LogP contribution < -0.4 is 9.47 Å². The van der Waals surface area contributed by atoms with Gasteiger partial charge in [0.05, 0.1) is 20.6 Å². The molecule has 0 aromatic heterocycles. The van der Waals surface area contributed by atoms with Crippen molar-refractivity contribution in [2.45, 2.75) is 88.6 Å². The number of esters is 1. The third-order valence-corrected chi connectivity index (χ3v) is 16.7. The minimum absolute atomic E-state index is 0.0367. The Hall–Kier alpha value is -1.36. The maximum absolute atomic E-state index is 13.1. The van der Waals surface area contributed by atoms with Crippen LogP contribution in [0.2, 0.25) is 42.8 Å². The molecule has 184 valence electrons. The lowest BCUT2D eigenvalue weighted by Gasteiger charge is -2.60. The largest absolute Gasteiger partial charge is 0.466 e. The van der Waals surface area contributed by atoms with Crippen molar-refractivity contribution in [1.29, 1.82) is 0 Å². The maximum atomic E-state index is 13.1. The van der Waals surface area contributed by atoms with Gasteiger partial charge in [0.25, 0.3) is 0 Å². The number of carbonyl (C=O) groups excluding carboxylic acids is 1. The first-order chi connectivity index (χ1) is 15.2. The first kappa shape index (κ1) is 24.8. The molecule has 4 rings (SSSR count). The summed E-state index contributed by atoms with van der Waals surface area (Å²) in [6.07, 6.45) is 0.482. The highest BCUT2D eigenvalue weighted by Crippen LogP contribution is 2.83. The molecule has 0 spiro atoms. The average Bonchev–Trinajstić information content (AvgIpc) is 3.30. The third-order valence-electron chi connectivity index (χ3n) is 8.67. The summed E-state index contributed by atoms with van der Waals surface area (Å²) >= 11 is 0. The Labute approximate surface area is 200 Å². The second kappa shape index (κ2) is 7.57. The van der Waals surface area contributed by atoms with Crippen molar-refractivity contribution < 1.29 is 28.2 Å². The number of carbonyl (C=O) groups is 1. The van der Waals surface area contributed by atoms with E-state index in [1.165, 1.54) is 0 Å². The van der Waals surface area contributed by atoms with Crippen molar-refractivity contribution in [2.24, 2.45) is 5.92 Å². The number of hydrogen-bond donors (Lipinski definition) is 0. The zero-order valence-corrected chi connectivity index (χ0v) is 23.9. The van der Waals surface area contributed by atoms with Crippen LogP contribution in [0.5, 0.6) is 11.5 Å². The highest BCUT2D eigenvalue weighted by molar-refractivity contribution is 6.81. The van der Waals surface area contributed by atoms with Crippen molar-refractivity contribution in [3.05, 3.63) is 23.3 Å². The molecule has 6 nitrogen and oxygen atoms in total. The van der Waals surface area contributed by atoms with Gasteiger partial charge in [0.15, 0.2) is 19.8 Å². The summed E-state index contributed by atoms with van der Waals surface area (Å²) < 4.78 is 31.0. The first-order valence-electron chi connectivity index (χ1n) is 12.0. The van der Waals surface area contributed by atoms with Crippen molar-refractivity contribution in [2.75, 3.05) is 20.5 Å². The number of rotatable bonds is 7. The van der Waals surface area contributed by atoms with Crippen LogP contribution in [0.25, 0.3) is 0 Å². The van der Waals surface area contributed by atoms with Crippen LogP contribution in [0.1, 0.15) is 51.3 Å². The Kier molecular flexibility index (Phi) is 5.68. The molecular weight excluding hydrogens is 452 g/mol. The minimum atomic E-state index is -2.16. The van der Waals surface area contributed by atoms with Gasteiger partial charge in [-0.25, -0.2) is 0 Å². The van der Waals surface area contributed by atoms with E-state index in [1.807, 2.05) is 13.0 Å². The predicted octanol–water partition coefficient (Wildman–Crippen LogP) is 6.00. The molecule has 1 aromatic rings. The van der Waals surface area contributed by atoms with Crippen LogP contribution in [0.3, 0.4) is 0 Å². The van der Waals surface area contributed by atoms with E-state index in [0.717, 1.165) is 29.0 Å². The zero-order chi connectivity index (χ0) is 24.6. The molecule has 2 aliphatic carbocycles. The number of ether oxygens (including phenoxy) is 4. The van der Waals surface area contributed by atoms with Gasteiger partial charge < -0.3 is 23.4 Å². The quantitative estimate of drug-likeness (QED) is 0.344. The third kappa shape index (κ3) is 3.20. The van der Waals surface area contributed by atoms with E-state index >= 15 is 0 Å². The summed E-state index contributed by atoms with van der Waals surface area (Å²) in [7, 11) is -2.40. The lowest BCUT2D eigenvalue weighted by atomic mass is 9.65. The molecule has 0 N–H and O–H groups in total. The van der Waals surface area contributed by atoms with Gasteiger partial charge in [-0.05, 0) is 43.1 Å². The number of fused-ring (bicyclic) bond motifs is 3. The molecule has 0 amide bonds. The summed E-state index contributed by atoms with van der Waals surface area (Å²) in [6, 6.07) is 4.07. The summed E-state index contributed by atoms with van der Waals surface area (Å²) in [4.78, 5) is 13.1. The maximum Gasteiger partial charge on any atom is 0.309 e. The fourth-order valence-electron chi connectivity index (χ4n) is 5.91. The smallest absolute Gasteiger partial charge is 0.309 e. The van der Waals surface area contributed by atoms with Crippen molar-refractivity contribution in [3.8, 4) is 11.5 Å². The van der Waals surface area contributed by atoms with Crippen molar-refractivity contribution >= 4 is 22.4 Å². The molecule has 3 aliphatic rings. The van der Waals surface area contributed by atoms with Gasteiger partial charge in [-0.3, -0.25) is 4.79 Å². The van der Waals surface area contributed by atoms with E-state index in [1.54, 1.807) is 7.11 Å². The Morgan fingerprint density at radius 1 is 1.15 bits per heavy atom. The van der Waals surface area contributed by atoms with Gasteiger partial charge in [0.1, 0.15) is 11.7 Å². The van der Waals surface area contributed by atoms with E-state index in [4.69, 9.17) is 23.4 Å². The highest BCUT2D eigenvalue weighted by Gasteiger charge is 2.82. The molecule has 33 heavy (non-hydrogen) atoms. The Balaban J connectivity index is 1.93. The van der Waals surface area contributed by atoms with Crippen LogP contribution in [0, 0.1) is 5.92 Å². The van der Waals surface area contributed by atoms with Crippen LogP contribution in [0.15, 0.2) is 12.1 Å². The normalized spacial score (nSPS) is 30.5. The number of hydrogen-bond acceptors (Lipinski definition) is 6. The molecule has 0 unspecified atom stereocenters. The predicted molar refractivity (Wildman–Crippen MR) is 133 cm³/mol. The van der Waals surface area contributed by atoms with E-state index in [2.05, 4.69) is 59.6 Å². The monoisotopic (exact) mass is 492 g/mol. The molecule has 1 aromatic carbocycles. The summed E-state index contributed by atoms with van der Waals surface area (Å²) in [5, 5.41) is -0.322. The second-order valence-corrected chi connectivity index (χ2v) is 22.3. The van der Waals surface area contributed by atoms with Crippen LogP contribution in [-0.2, 0) is 24.3 Å². The topological polar surface area (TPSA) is 63.2 Å². The van der Waals surface area contributed by atoms with E-state index in [9.17, 15) is 4.79 Å². The lowest BCUT2D eigenvalue weighted by Crippen LogP contribution is -2.60. The summed E-state index contributed by atoms with van der Waals surface area (Å²) in [5.41, 5.74) is 1.33. The van der Waals surface area contributed by atoms with Crippen LogP contribution in [-0.4, -0.2) is 42.9 Å². The molecule has 1 saturated carbocycles. The van der Waals surface area contributed by atoms with Gasteiger partial charge in [-0.2, -0.15) is 0 Å². The number of methoxy groups -OCH3 is 1. The van der Waals surface area contributed by atoms with E-state index in [-0.39, 0.29) is 34.9 Å². The Morgan fingerprint density at radius 2 is 1.82 bits per heavy atom. The fourth-order valence-corrected chi connectivity index (χ4v) is 10.6. The number of benzene rings is 1. The highest BCUT2D eigenvalue weighted by atomic mass is 28.4. The molecule has 4 atom stereocenters. The van der Waals surface area contributed by atoms with Gasteiger partial charge in [-0.1, -0.05) is 46.5 Å². The van der Waals surface area contributed by atoms with E-state index < -0.39 is 22.0 Å². The standard InChI is InChI=1S/C25H40O6Si2/c1-11-28-22(26)17-14-24(17,32(6,7)8)25(27-5)19-16(12-13-18-20(19)30-15-29-18)21(25)31-33(9,10)23(2,3)4/h12-13,17,21H,11,14-15H2,1-10H3/t17-,21+,24-,25-/m1/s1. The summed E-state index contributed by atoms with van der Waals surface area (Å²) in [6.45, 7) is 20.7. The zero-order valence-electron chi connectivity index (χ0n) is 21.9. The van der Waals surface area contributed by atoms with E-state index in [0.29, 0.717) is 6.61 Å². The Morgan fingerprint density at radius 3 is 2.36 bits per heavy atom. The van der Waals surface area contributed by atoms with Crippen molar-refractivity contribution in [3.63, 3.8) is 0 Å². The van der Waals surface area contributed by atoms with Crippen LogP contribution >= 0.6 is 0 Å². The van der Waals surface area contributed by atoms with Gasteiger partial charge in [0, 0.05) is 17.7 Å². The fraction of sp³-hybridized carbons (Fsp3) is 0.720. The first-order valence-corrected chi connectivity index (χ1v) is 18.4. The molecule has 1 aliphatic heterocycles. The molecule has 0 saturated heterocycles. The molecule has 1 fully saturated rings. The SMILES string of the molecule is CCOC(=O)[C@H]1C[C@@]1([C@@]1(OC)c2c(ccc3c2OCO3)[C@@H]1O[Si](C)(C)C(C)(C)C)[Si](C)(C)C. The lowest BCUT2D eigenvalue weighted by molar-refractivity contribution is -0.158. The summed E-state index contributed by atoms with van der Waals surface area (Å²) in [5.74, 6) is 1.15. The molecular formula is C25H40O6Si2. The Bertz CT molecular complexity index is 963. The van der Waals surface area contributed by atoms with Gasteiger partial charge in [-0.15, -0.1) is 0 Å². The molecule has 0 bridgehead atoms. The second-order valence-electron chi connectivity index (χ2n) is 12.2. The van der Waals surface area contributed by atoms with Gasteiger partial charge in [0.2, 0.25) is 6.79 Å². The van der Waals surface area contributed by atoms with Gasteiger partial charge >= 0.3 is 5.97 Å². The molecule has 0 radical (unpaired) electrons. The minimum Gasteiger partial charge on any atom is -0.466 e. The molecule has 1 heterocycles. The molecule has 8 heteroatoms.